The molecule has 0 bridgehead atoms. The number of thioether (sulfide) groups is 1. The van der Waals surface area contributed by atoms with Crippen LogP contribution in [0.5, 0.6) is 5.75 Å². The molecule has 1 aromatic heterocycles. The van der Waals surface area contributed by atoms with E-state index in [1.807, 2.05) is 51.1 Å². The minimum Gasteiger partial charge on any atom is -0.494 e. The van der Waals surface area contributed by atoms with E-state index in [1.54, 1.807) is 42.5 Å². The van der Waals surface area contributed by atoms with Crippen molar-refractivity contribution in [2.24, 2.45) is 0 Å². The van der Waals surface area contributed by atoms with E-state index in [1.165, 1.54) is 23.9 Å². The third-order valence-corrected chi connectivity index (χ3v) is 8.68. The zero-order valence-electron chi connectivity index (χ0n) is 24.1. The number of hydrogen-bond donors (Lipinski definition) is 1. The highest BCUT2D eigenvalue weighted by molar-refractivity contribution is 8.18. The monoisotopic (exact) mass is 628 g/mol. The maximum atomic E-state index is 13.1. The minimum absolute atomic E-state index is 0.0503. The maximum absolute atomic E-state index is 13.1. The maximum Gasteiger partial charge on any atom is 0.294 e. The van der Waals surface area contributed by atoms with Crippen LogP contribution in [0, 0.1) is 24.0 Å². The van der Waals surface area contributed by atoms with Gasteiger partial charge in [-0.25, -0.2) is 0 Å². The first-order chi connectivity index (χ1) is 21.1. The summed E-state index contributed by atoms with van der Waals surface area (Å²) < 4.78 is 7.46. The number of nitrogens with one attached hydrogen (secondary N) is 1. The number of imide groups is 1. The Hall–Kier alpha value is -4.81. The number of carbonyl (C=O) groups excluding carboxylic acids is 3. The number of non-ortho nitro benzene ring substituents is 1. The Labute approximate surface area is 262 Å². The molecular formula is C32H28N4O6S2. The quantitative estimate of drug-likeness (QED) is 0.111. The van der Waals surface area contributed by atoms with Crippen LogP contribution in [0.15, 0.2) is 93.6 Å². The van der Waals surface area contributed by atoms with Gasteiger partial charge in [-0.1, -0.05) is 11.8 Å². The number of aromatic nitrogens is 1. The van der Waals surface area contributed by atoms with E-state index in [4.69, 9.17) is 4.74 Å². The number of nitrogens with zero attached hydrogens (tertiary/aromatic N) is 3. The molecule has 1 aliphatic rings. The number of amides is 3. The lowest BCUT2D eigenvalue weighted by atomic mass is 10.2. The number of benzene rings is 3. The highest BCUT2D eigenvalue weighted by Crippen LogP contribution is 2.34. The fraction of sp³-hybridized carbons (Fsp3) is 0.156. The second-order valence-electron chi connectivity index (χ2n) is 9.78. The van der Waals surface area contributed by atoms with Gasteiger partial charge in [0.1, 0.15) is 12.3 Å². The molecular weight excluding hydrogens is 601 g/mol. The van der Waals surface area contributed by atoms with Crippen LogP contribution in [-0.4, -0.2) is 44.6 Å². The van der Waals surface area contributed by atoms with Gasteiger partial charge in [-0.05, 0) is 111 Å². The Bertz CT molecular complexity index is 1760. The number of ether oxygens (including phenoxy) is 1. The van der Waals surface area contributed by atoms with Gasteiger partial charge in [0.25, 0.3) is 16.8 Å². The van der Waals surface area contributed by atoms with E-state index in [9.17, 15) is 24.5 Å². The summed E-state index contributed by atoms with van der Waals surface area (Å²) >= 11 is 2.31. The number of nitro benzene ring substituents is 1. The molecule has 44 heavy (non-hydrogen) atoms. The Balaban J connectivity index is 1.26. The van der Waals surface area contributed by atoms with Crippen LogP contribution >= 0.6 is 23.5 Å². The molecule has 12 heteroatoms. The van der Waals surface area contributed by atoms with Gasteiger partial charge in [0.05, 0.1) is 16.4 Å². The average Bonchev–Trinajstić information content (AvgIpc) is 3.43. The Morgan fingerprint density at radius 1 is 1.00 bits per heavy atom. The number of nitro groups is 1. The zero-order valence-corrected chi connectivity index (χ0v) is 25.7. The van der Waals surface area contributed by atoms with Crippen LogP contribution in [0.3, 0.4) is 0 Å². The number of carbonyl (C=O) groups is 3. The highest BCUT2D eigenvalue weighted by Gasteiger charge is 2.36. The van der Waals surface area contributed by atoms with Crippen LogP contribution in [0.2, 0.25) is 0 Å². The first-order valence-corrected chi connectivity index (χ1v) is 15.3. The first-order valence-electron chi connectivity index (χ1n) is 13.6. The lowest BCUT2D eigenvalue weighted by molar-refractivity contribution is -0.384. The van der Waals surface area contributed by atoms with Gasteiger partial charge in [-0.2, -0.15) is 0 Å². The number of rotatable bonds is 10. The van der Waals surface area contributed by atoms with Crippen molar-refractivity contribution < 1.29 is 24.0 Å². The summed E-state index contributed by atoms with van der Waals surface area (Å²) in [6.07, 6.45) is 1.69. The van der Waals surface area contributed by atoms with Crippen molar-refractivity contribution in [1.82, 2.24) is 9.47 Å². The molecule has 5 rings (SSSR count). The van der Waals surface area contributed by atoms with Crippen LogP contribution in [0.4, 0.5) is 16.2 Å². The van der Waals surface area contributed by atoms with Gasteiger partial charge in [-0.3, -0.25) is 29.4 Å². The molecule has 1 fully saturated rings. The van der Waals surface area contributed by atoms with Crippen LogP contribution < -0.4 is 10.1 Å². The number of anilines is 1. The molecule has 0 spiro atoms. The predicted octanol–water partition coefficient (Wildman–Crippen LogP) is 7.23. The van der Waals surface area contributed by atoms with Gasteiger partial charge in [0, 0.05) is 44.7 Å². The molecule has 4 aromatic rings. The van der Waals surface area contributed by atoms with Crippen LogP contribution in [0.1, 0.15) is 23.9 Å². The van der Waals surface area contributed by atoms with Crippen molar-refractivity contribution in [2.45, 2.75) is 30.6 Å². The molecule has 0 saturated carbocycles. The Morgan fingerprint density at radius 3 is 2.25 bits per heavy atom. The normalized spacial score (nSPS) is 13.9. The van der Waals surface area contributed by atoms with Crippen LogP contribution in [-0.2, 0) is 9.59 Å². The van der Waals surface area contributed by atoms with Crippen molar-refractivity contribution in [3.63, 3.8) is 0 Å². The van der Waals surface area contributed by atoms with Crippen LogP contribution in [0.25, 0.3) is 11.8 Å². The fourth-order valence-corrected chi connectivity index (χ4v) is 6.33. The van der Waals surface area contributed by atoms with E-state index in [0.29, 0.717) is 18.0 Å². The third kappa shape index (κ3) is 6.87. The second-order valence-corrected chi connectivity index (χ2v) is 11.9. The Kier molecular flexibility index (Phi) is 9.21. The summed E-state index contributed by atoms with van der Waals surface area (Å²) in [5.74, 6) is -0.318. The van der Waals surface area contributed by atoms with E-state index >= 15 is 0 Å². The second kappa shape index (κ2) is 13.2. The summed E-state index contributed by atoms with van der Waals surface area (Å²) in [6.45, 7) is 5.92. The minimum atomic E-state index is -0.515. The molecule has 3 amide bonds. The fourth-order valence-electron chi connectivity index (χ4n) is 4.69. The lowest BCUT2D eigenvalue weighted by Gasteiger charge is -2.13. The summed E-state index contributed by atoms with van der Waals surface area (Å²) in [7, 11) is 0. The zero-order chi connectivity index (χ0) is 31.4. The van der Waals surface area contributed by atoms with Gasteiger partial charge in [0.2, 0.25) is 5.91 Å². The van der Waals surface area contributed by atoms with E-state index in [-0.39, 0.29) is 10.6 Å². The molecule has 0 aliphatic carbocycles. The van der Waals surface area contributed by atoms with E-state index in [2.05, 4.69) is 9.88 Å². The summed E-state index contributed by atoms with van der Waals surface area (Å²) in [4.78, 5) is 51.9. The molecule has 2 heterocycles. The average molecular weight is 629 g/mol. The molecule has 3 aromatic carbocycles. The molecule has 0 unspecified atom stereocenters. The molecule has 224 valence electrons. The van der Waals surface area contributed by atoms with Crippen molar-refractivity contribution in [2.75, 3.05) is 18.5 Å². The topological polar surface area (TPSA) is 124 Å². The molecule has 10 nitrogen and oxygen atoms in total. The molecule has 1 aliphatic heterocycles. The predicted molar refractivity (Wildman–Crippen MR) is 171 cm³/mol. The SMILES string of the molecule is CCOc1ccc(NC(=O)CN2C(=O)S/C(=C/c3cc(C)n(-c4ccc(Sc5ccc([N+](=O)[O-])cc5)cc4)c3C)C2=O)cc1. The summed E-state index contributed by atoms with van der Waals surface area (Å²) in [6, 6.07) is 23.1. The van der Waals surface area contributed by atoms with Gasteiger partial charge < -0.3 is 14.6 Å². The Morgan fingerprint density at radius 2 is 1.64 bits per heavy atom. The molecule has 0 radical (unpaired) electrons. The largest absolute Gasteiger partial charge is 0.494 e. The molecule has 1 N–H and O–H groups in total. The van der Waals surface area contributed by atoms with Gasteiger partial charge in [0.15, 0.2) is 0 Å². The van der Waals surface area contributed by atoms with Crippen molar-refractivity contribution in [3.05, 3.63) is 111 Å². The van der Waals surface area contributed by atoms with Crippen molar-refractivity contribution in [1.29, 1.82) is 0 Å². The summed E-state index contributed by atoms with van der Waals surface area (Å²) in [5, 5.41) is 13.1. The van der Waals surface area contributed by atoms with E-state index in [0.717, 1.165) is 49.1 Å². The molecule has 1 saturated heterocycles. The first kappa shape index (κ1) is 30.6. The highest BCUT2D eigenvalue weighted by atomic mass is 32.2. The lowest BCUT2D eigenvalue weighted by Crippen LogP contribution is -2.36. The number of aryl methyl sites for hydroxylation is 1. The van der Waals surface area contributed by atoms with Gasteiger partial charge >= 0.3 is 0 Å². The van der Waals surface area contributed by atoms with Crippen molar-refractivity contribution in [3.8, 4) is 11.4 Å². The summed E-state index contributed by atoms with van der Waals surface area (Å²) in [5.41, 5.74) is 4.13. The standard InChI is InChI=1S/C32H28N4O6S2/c1-4-42-26-11-5-23(6-12-26)33-30(37)19-34-31(38)29(44-32(34)39)18-22-17-20(2)35(21(22)3)24-7-13-27(14-8-24)43-28-15-9-25(10-16-28)36(40)41/h5-18H,4,19H2,1-3H3,(H,33,37)/b29-18+. The van der Waals surface area contributed by atoms with Crippen molar-refractivity contribution >= 4 is 58.0 Å². The van der Waals surface area contributed by atoms with E-state index < -0.39 is 28.5 Å². The smallest absolute Gasteiger partial charge is 0.294 e. The third-order valence-electron chi connectivity index (χ3n) is 6.76. The number of hydrogen-bond acceptors (Lipinski definition) is 8. The van der Waals surface area contributed by atoms with Gasteiger partial charge in [-0.15, -0.1) is 0 Å². The molecule has 0 atom stereocenters.